The molecule has 0 bridgehead atoms. The number of carbonyl (C=O) groups excluding carboxylic acids is 2. The Morgan fingerprint density at radius 2 is 1.97 bits per heavy atom. The average Bonchev–Trinajstić information content (AvgIpc) is 3.51. The molecule has 29 heavy (non-hydrogen) atoms. The maximum absolute atomic E-state index is 13.0. The van der Waals surface area contributed by atoms with Crippen molar-refractivity contribution >= 4 is 17.6 Å². The van der Waals surface area contributed by atoms with Crippen molar-refractivity contribution in [3.63, 3.8) is 0 Å². The predicted octanol–water partition coefficient (Wildman–Crippen LogP) is 2.88. The van der Waals surface area contributed by atoms with E-state index in [1.54, 1.807) is 29.4 Å². The van der Waals surface area contributed by atoms with E-state index in [0.29, 0.717) is 30.4 Å². The number of aryl methyl sites for hydroxylation is 1. The number of anilines is 1. The lowest BCUT2D eigenvalue weighted by Gasteiger charge is -2.25. The number of hydrogen-bond donors (Lipinski definition) is 2. The van der Waals surface area contributed by atoms with E-state index in [1.807, 2.05) is 44.1 Å². The Morgan fingerprint density at radius 3 is 2.62 bits per heavy atom. The maximum atomic E-state index is 13.0. The summed E-state index contributed by atoms with van der Waals surface area (Å²) >= 11 is 0. The van der Waals surface area contributed by atoms with Crippen LogP contribution in [0, 0.1) is 6.92 Å². The molecule has 1 aliphatic carbocycles. The second-order valence-corrected chi connectivity index (χ2v) is 7.79. The van der Waals surface area contributed by atoms with Gasteiger partial charge in [-0.3, -0.25) is 9.78 Å². The Kier molecular flexibility index (Phi) is 6.82. The van der Waals surface area contributed by atoms with E-state index in [4.69, 9.17) is 0 Å². The largest absolute Gasteiger partial charge is 0.349 e. The maximum Gasteiger partial charge on any atom is 0.322 e. The minimum Gasteiger partial charge on any atom is -0.349 e. The average molecular weight is 396 g/mol. The van der Waals surface area contributed by atoms with Crippen LogP contribution in [0.1, 0.15) is 34.3 Å². The van der Waals surface area contributed by atoms with Crippen LogP contribution < -0.4 is 10.6 Å². The van der Waals surface area contributed by atoms with Crippen molar-refractivity contribution in [2.75, 3.05) is 32.5 Å². The number of nitrogens with one attached hydrogen (secondary N) is 2. The van der Waals surface area contributed by atoms with Gasteiger partial charge in [-0.15, -0.1) is 0 Å². The highest BCUT2D eigenvalue weighted by Gasteiger charge is 2.24. The number of pyridine rings is 1. The SMILES string of the molecule is Cc1ccc(C(=O)NC2CC2)cc1NC(=O)N(CCN(C)C)Cc1cccnc1. The fraction of sp³-hybridized carbons (Fsp3) is 0.409. The van der Waals surface area contributed by atoms with Gasteiger partial charge in [-0.2, -0.15) is 0 Å². The van der Waals surface area contributed by atoms with E-state index in [1.165, 1.54) is 0 Å². The zero-order valence-electron chi connectivity index (χ0n) is 17.3. The van der Waals surface area contributed by atoms with Crippen LogP contribution in [-0.2, 0) is 6.54 Å². The second kappa shape index (κ2) is 9.52. The van der Waals surface area contributed by atoms with E-state index < -0.39 is 0 Å². The summed E-state index contributed by atoms with van der Waals surface area (Å²) in [4.78, 5) is 33.3. The van der Waals surface area contributed by atoms with Crippen LogP contribution in [0.3, 0.4) is 0 Å². The number of benzene rings is 1. The van der Waals surface area contributed by atoms with Gasteiger partial charge in [-0.1, -0.05) is 12.1 Å². The first-order valence-corrected chi connectivity index (χ1v) is 9.93. The molecule has 0 spiro atoms. The summed E-state index contributed by atoms with van der Waals surface area (Å²) in [6.45, 7) is 3.71. The summed E-state index contributed by atoms with van der Waals surface area (Å²) in [5, 5.41) is 5.97. The standard InChI is InChI=1S/C22H29N5O2/c1-16-6-7-18(21(28)24-19-8-9-19)13-20(16)25-22(29)27(12-11-26(2)3)15-17-5-4-10-23-14-17/h4-7,10,13-14,19H,8-9,11-12,15H2,1-3H3,(H,24,28)(H,25,29). The molecular formula is C22H29N5O2. The van der Waals surface area contributed by atoms with Crippen LogP contribution in [0.5, 0.6) is 0 Å². The van der Waals surface area contributed by atoms with Crippen LogP contribution in [0.4, 0.5) is 10.5 Å². The molecule has 0 radical (unpaired) electrons. The molecule has 1 aliphatic rings. The first-order chi connectivity index (χ1) is 13.9. The number of amides is 3. The molecular weight excluding hydrogens is 366 g/mol. The third kappa shape index (κ3) is 6.29. The van der Waals surface area contributed by atoms with Gasteiger partial charge in [0.2, 0.25) is 0 Å². The molecule has 1 aromatic carbocycles. The fourth-order valence-corrected chi connectivity index (χ4v) is 2.87. The van der Waals surface area contributed by atoms with Gasteiger partial charge < -0.3 is 20.4 Å². The number of urea groups is 1. The van der Waals surface area contributed by atoms with Gasteiger partial charge in [0.25, 0.3) is 5.91 Å². The summed E-state index contributed by atoms with van der Waals surface area (Å²) in [5.41, 5.74) is 3.09. The van der Waals surface area contributed by atoms with Gasteiger partial charge in [-0.25, -0.2) is 4.79 Å². The van der Waals surface area contributed by atoms with Crippen molar-refractivity contribution in [2.24, 2.45) is 0 Å². The van der Waals surface area contributed by atoms with E-state index in [0.717, 1.165) is 30.5 Å². The van der Waals surface area contributed by atoms with E-state index in [2.05, 4.69) is 15.6 Å². The number of carbonyl (C=O) groups is 2. The molecule has 0 saturated heterocycles. The van der Waals surface area contributed by atoms with Crippen molar-refractivity contribution in [3.8, 4) is 0 Å². The van der Waals surface area contributed by atoms with Gasteiger partial charge in [0.1, 0.15) is 0 Å². The number of hydrogen-bond acceptors (Lipinski definition) is 4. The highest BCUT2D eigenvalue weighted by molar-refractivity contribution is 5.97. The number of likely N-dealkylation sites (N-methyl/N-ethyl adjacent to an activating group) is 1. The topological polar surface area (TPSA) is 77.6 Å². The lowest BCUT2D eigenvalue weighted by molar-refractivity contribution is 0.0951. The van der Waals surface area contributed by atoms with Crippen LogP contribution in [0.15, 0.2) is 42.7 Å². The van der Waals surface area contributed by atoms with Crippen molar-refractivity contribution < 1.29 is 9.59 Å². The molecule has 0 atom stereocenters. The highest BCUT2D eigenvalue weighted by atomic mass is 16.2. The van der Waals surface area contributed by atoms with Crippen molar-refractivity contribution in [3.05, 3.63) is 59.4 Å². The zero-order valence-corrected chi connectivity index (χ0v) is 17.3. The van der Waals surface area contributed by atoms with Gasteiger partial charge in [0.15, 0.2) is 0 Å². The van der Waals surface area contributed by atoms with Gasteiger partial charge in [-0.05, 0) is 63.2 Å². The molecule has 1 heterocycles. The summed E-state index contributed by atoms with van der Waals surface area (Å²) < 4.78 is 0. The van der Waals surface area contributed by atoms with Crippen LogP contribution in [0.25, 0.3) is 0 Å². The minimum atomic E-state index is -0.196. The Bertz CT molecular complexity index is 850. The molecule has 1 fully saturated rings. The van der Waals surface area contributed by atoms with Crippen LogP contribution in [0.2, 0.25) is 0 Å². The lowest BCUT2D eigenvalue weighted by Crippen LogP contribution is -2.39. The van der Waals surface area contributed by atoms with Crippen molar-refractivity contribution in [2.45, 2.75) is 32.4 Å². The number of aromatic nitrogens is 1. The Morgan fingerprint density at radius 1 is 1.17 bits per heavy atom. The van der Waals surface area contributed by atoms with Gasteiger partial charge in [0.05, 0.1) is 0 Å². The van der Waals surface area contributed by atoms with E-state index in [9.17, 15) is 9.59 Å². The van der Waals surface area contributed by atoms with Crippen molar-refractivity contribution in [1.82, 2.24) is 20.1 Å². The van der Waals surface area contributed by atoms with Crippen LogP contribution in [-0.4, -0.2) is 59.9 Å². The second-order valence-electron chi connectivity index (χ2n) is 7.79. The van der Waals surface area contributed by atoms with E-state index >= 15 is 0 Å². The molecule has 2 N–H and O–H groups in total. The normalized spacial score (nSPS) is 13.2. The Hall–Kier alpha value is -2.93. The van der Waals surface area contributed by atoms with Crippen molar-refractivity contribution in [1.29, 1.82) is 0 Å². The van der Waals surface area contributed by atoms with Crippen LogP contribution >= 0.6 is 0 Å². The Balaban J connectivity index is 1.72. The molecule has 0 aliphatic heterocycles. The fourth-order valence-electron chi connectivity index (χ4n) is 2.87. The predicted molar refractivity (Wildman–Crippen MR) is 114 cm³/mol. The molecule has 3 rings (SSSR count). The summed E-state index contributed by atoms with van der Waals surface area (Å²) in [5.74, 6) is -0.0946. The molecule has 7 heteroatoms. The molecule has 1 aromatic heterocycles. The number of rotatable bonds is 8. The molecule has 1 saturated carbocycles. The summed E-state index contributed by atoms with van der Waals surface area (Å²) in [6, 6.07) is 9.33. The molecule has 7 nitrogen and oxygen atoms in total. The monoisotopic (exact) mass is 395 g/mol. The molecule has 154 valence electrons. The van der Waals surface area contributed by atoms with E-state index in [-0.39, 0.29) is 11.9 Å². The molecule has 2 aromatic rings. The first-order valence-electron chi connectivity index (χ1n) is 9.93. The first kappa shape index (κ1) is 20.8. The lowest BCUT2D eigenvalue weighted by atomic mass is 10.1. The van der Waals surface area contributed by atoms with Gasteiger partial charge >= 0.3 is 6.03 Å². The summed E-state index contributed by atoms with van der Waals surface area (Å²) in [7, 11) is 3.96. The smallest absolute Gasteiger partial charge is 0.322 e. The third-order valence-corrected chi connectivity index (χ3v) is 4.85. The summed E-state index contributed by atoms with van der Waals surface area (Å²) in [6.07, 6.45) is 5.56. The number of nitrogens with zero attached hydrogens (tertiary/aromatic N) is 3. The highest BCUT2D eigenvalue weighted by Crippen LogP contribution is 2.21. The minimum absolute atomic E-state index is 0.0946. The van der Waals surface area contributed by atoms with Gasteiger partial charge in [0, 0.05) is 49.3 Å². The molecule has 0 unspecified atom stereocenters. The quantitative estimate of drug-likeness (QED) is 0.721. The zero-order chi connectivity index (χ0) is 20.8. The molecule has 3 amide bonds. The Labute approximate surface area is 172 Å². The third-order valence-electron chi connectivity index (χ3n) is 4.85.